The second-order valence-electron chi connectivity index (χ2n) is 5.34. The first-order chi connectivity index (χ1) is 8.34. The fraction of sp³-hybridized carbons (Fsp3) is 0.846. The van der Waals surface area contributed by atoms with E-state index in [1.54, 1.807) is 0 Å². The molecule has 0 fully saturated rings. The molecule has 1 unspecified atom stereocenters. The number of amidine groups is 1. The van der Waals surface area contributed by atoms with Crippen LogP contribution < -0.4 is 5.73 Å². The van der Waals surface area contributed by atoms with Crippen molar-refractivity contribution >= 4 is 11.7 Å². The summed E-state index contributed by atoms with van der Waals surface area (Å²) >= 11 is 0. The van der Waals surface area contributed by atoms with Crippen LogP contribution in [0.4, 0.5) is 0 Å². The highest BCUT2D eigenvalue weighted by molar-refractivity contribution is 6.02. The standard InChI is InChI=1S/C13H27N3O2/c1-6-7-11(12(14)15-18)13(17)16(10(4)5)8-9(2)3/h9-11,18H,6-8H2,1-5H3,(H2,14,15). The molecule has 0 aromatic rings. The van der Waals surface area contributed by atoms with Crippen LogP contribution in [0, 0.1) is 11.8 Å². The van der Waals surface area contributed by atoms with Crippen molar-refractivity contribution in [2.24, 2.45) is 22.7 Å². The molecular weight excluding hydrogens is 230 g/mol. The fourth-order valence-electron chi connectivity index (χ4n) is 1.91. The van der Waals surface area contributed by atoms with E-state index in [2.05, 4.69) is 19.0 Å². The van der Waals surface area contributed by atoms with Crippen LogP contribution in [0.25, 0.3) is 0 Å². The van der Waals surface area contributed by atoms with Crippen molar-refractivity contribution in [3.05, 3.63) is 0 Å². The van der Waals surface area contributed by atoms with Crippen molar-refractivity contribution in [3.63, 3.8) is 0 Å². The summed E-state index contributed by atoms with van der Waals surface area (Å²) in [5.41, 5.74) is 5.63. The molecule has 106 valence electrons. The molecular formula is C13H27N3O2. The van der Waals surface area contributed by atoms with Gasteiger partial charge in [-0.25, -0.2) is 0 Å². The zero-order chi connectivity index (χ0) is 14.3. The maximum absolute atomic E-state index is 12.5. The van der Waals surface area contributed by atoms with Gasteiger partial charge in [-0.1, -0.05) is 32.3 Å². The Kier molecular flexibility index (Phi) is 7.39. The van der Waals surface area contributed by atoms with Crippen molar-refractivity contribution in [1.29, 1.82) is 0 Å². The van der Waals surface area contributed by atoms with E-state index in [0.29, 0.717) is 18.9 Å². The Balaban J connectivity index is 5.00. The van der Waals surface area contributed by atoms with Gasteiger partial charge in [0.05, 0.1) is 5.92 Å². The molecule has 0 heterocycles. The fourth-order valence-corrected chi connectivity index (χ4v) is 1.91. The lowest BCUT2D eigenvalue weighted by atomic mass is 9.99. The van der Waals surface area contributed by atoms with E-state index in [-0.39, 0.29) is 17.8 Å². The summed E-state index contributed by atoms with van der Waals surface area (Å²) in [7, 11) is 0. The van der Waals surface area contributed by atoms with E-state index in [1.165, 1.54) is 0 Å². The van der Waals surface area contributed by atoms with Crippen LogP contribution in [0.15, 0.2) is 5.16 Å². The molecule has 18 heavy (non-hydrogen) atoms. The molecule has 0 aromatic carbocycles. The highest BCUT2D eigenvalue weighted by atomic mass is 16.4. The van der Waals surface area contributed by atoms with Crippen molar-refractivity contribution in [2.45, 2.75) is 53.5 Å². The predicted molar refractivity (Wildman–Crippen MR) is 73.5 cm³/mol. The van der Waals surface area contributed by atoms with Gasteiger partial charge in [0.2, 0.25) is 5.91 Å². The van der Waals surface area contributed by atoms with Gasteiger partial charge in [0.1, 0.15) is 0 Å². The number of carbonyl (C=O) groups is 1. The lowest BCUT2D eigenvalue weighted by molar-refractivity contribution is -0.135. The van der Waals surface area contributed by atoms with Crippen LogP contribution >= 0.6 is 0 Å². The molecule has 0 bridgehead atoms. The third-order valence-electron chi connectivity index (χ3n) is 2.82. The minimum atomic E-state index is -0.513. The molecule has 0 spiro atoms. The Morgan fingerprint density at radius 1 is 1.33 bits per heavy atom. The zero-order valence-corrected chi connectivity index (χ0v) is 12.2. The monoisotopic (exact) mass is 257 g/mol. The van der Waals surface area contributed by atoms with Gasteiger partial charge < -0.3 is 15.8 Å². The highest BCUT2D eigenvalue weighted by Gasteiger charge is 2.29. The number of rotatable bonds is 7. The number of hydrogen-bond donors (Lipinski definition) is 2. The van der Waals surface area contributed by atoms with Crippen LogP contribution in [0.3, 0.4) is 0 Å². The van der Waals surface area contributed by atoms with Crippen LogP contribution in [0.1, 0.15) is 47.5 Å². The summed E-state index contributed by atoms with van der Waals surface area (Å²) in [6.07, 6.45) is 1.43. The largest absolute Gasteiger partial charge is 0.409 e. The molecule has 0 aliphatic carbocycles. The number of carbonyl (C=O) groups excluding carboxylic acids is 1. The van der Waals surface area contributed by atoms with Gasteiger partial charge in [0, 0.05) is 12.6 Å². The molecule has 1 atom stereocenters. The minimum absolute atomic E-state index is 0.0104. The van der Waals surface area contributed by atoms with Gasteiger partial charge in [0.25, 0.3) is 0 Å². The Labute approximate surface area is 110 Å². The molecule has 5 heteroatoms. The van der Waals surface area contributed by atoms with Crippen molar-refractivity contribution in [3.8, 4) is 0 Å². The summed E-state index contributed by atoms with van der Waals surface area (Å²) in [6.45, 7) is 10.8. The molecule has 0 aliphatic heterocycles. The molecule has 1 amide bonds. The van der Waals surface area contributed by atoms with Gasteiger partial charge >= 0.3 is 0 Å². The lowest BCUT2D eigenvalue weighted by Crippen LogP contribution is -2.46. The number of nitrogens with zero attached hydrogens (tertiary/aromatic N) is 2. The Bertz CT molecular complexity index is 288. The summed E-state index contributed by atoms with van der Waals surface area (Å²) in [6, 6.07) is 0.116. The van der Waals surface area contributed by atoms with Crippen LogP contribution in [0.5, 0.6) is 0 Å². The first kappa shape index (κ1) is 16.7. The maximum atomic E-state index is 12.5. The van der Waals surface area contributed by atoms with E-state index in [1.807, 2.05) is 25.7 Å². The average Bonchev–Trinajstić information content (AvgIpc) is 2.30. The molecule has 5 nitrogen and oxygen atoms in total. The van der Waals surface area contributed by atoms with Gasteiger partial charge in [0.15, 0.2) is 5.84 Å². The zero-order valence-electron chi connectivity index (χ0n) is 12.2. The number of hydrogen-bond acceptors (Lipinski definition) is 3. The number of oxime groups is 1. The Morgan fingerprint density at radius 2 is 1.89 bits per heavy atom. The number of nitrogens with two attached hydrogens (primary N) is 1. The Morgan fingerprint density at radius 3 is 2.22 bits per heavy atom. The normalized spacial score (nSPS) is 14.1. The van der Waals surface area contributed by atoms with E-state index in [4.69, 9.17) is 10.9 Å². The summed E-state index contributed by atoms with van der Waals surface area (Å²) in [5, 5.41) is 11.8. The van der Waals surface area contributed by atoms with E-state index < -0.39 is 5.92 Å². The third-order valence-corrected chi connectivity index (χ3v) is 2.82. The lowest BCUT2D eigenvalue weighted by Gasteiger charge is -2.31. The maximum Gasteiger partial charge on any atom is 0.233 e. The molecule has 0 saturated carbocycles. The van der Waals surface area contributed by atoms with Gasteiger partial charge in [-0.15, -0.1) is 0 Å². The van der Waals surface area contributed by atoms with E-state index in [9.17, 15) is 4.79 Å². The molecule has 0 aliphatic rings. The third kappa shape index (κ3) is 4.94. The predicted octanol–water partition coefficient (Wildman–Crippen LogP) is 2.04. The molecule has 0 radical (unpaired) electrons. The van der Waals surface area contributed by atoms with Crippen LogP contribution in [-0.2, 0) is 4.79 Å². The van der Waals surface area contributed by atoms with Gasteiger partial charge in [-0.05, 0) is 26.2 Å². The van der Waals surface area contributed by atoms with Gasteiger partial charge in [-0.2, -0.15) is 0 Å². The van der Waals surface area contributed by atoms with Gasteiger partial charge in [-0.3, -0.25) is 4.79 Å². The molecule has 0 rings (SSSR count). The van der Waals surface area contributed by atoms with Crippen molar-refractivity contribution < 1.29 is 10.0 Å². The highest BCUT2D eigenvalue weighted by Crippen LogP contribution is 2.15. The summed E-state index contributed by atoms with van der Waals surface area (Å²) in [5.74, 6) is -0.154. The average molecular weight is 257 g/mol. The summed E-state index contributed by atoms with van der Waals surface area (Å²) in [4.78, 5) is 14.3. The first-order valence-electron chi connectivity index (χ1n) is 6.62. The van der Waals surface area contributed by atoms with E-state index >= 15 is 0 Å². The van der Waals surface area contributed by atoms with Crippen molar-refractivity contribution in [2.75, 3.05) is 6.54 Å². The smallest absolute Gasteiger partial charge is 0.233 e. The summed E-state index contributed by atoms with van der Waals surface area (Å²) < 4.78 is 0. The molecule has 0 saturated heterocycles. The Hall–Kier alpha value is -1.26. The van der Waals surface area contributed by atoms with Crippen LogP contribution in [0.2, 0.25) is 0 Å². The first-order valence-corrected chi connectivity index (χ1v) is 6.62. The second kappa shape index (κ2) is 7.95. The number of amides is 1. The van der Waals surface area contributed by atoms with E-state index in [0.717, 1.165) is 6.42 Å². The topological polar surface area (TPSA) is 78.9 Å². The SMILES string of the molecule is CCCC(C(=O)N(CC(C)C)C(C)C)C(N)=NO. The molecule has 0 aromatic heterocycles. The minimum Gasteiger partial charge on any atom is -0.409 e. The molecule has 3 N–H and O–H groups in total. The second-order valence-corrected chi connectivity index (χ2v) is 5.34. The van der Waals surface area contributed by atoms with Crippen LogP contribution in [-0.4, -0.2) is 34.4 Å². The van der Waals surface area contributed by atoms with Crippen molar-refractivity contribution in [1.82, 2.24) is 4.90 Å². The quantitative estimate of drug-likeness (QED) is 0.317.